The van der Waals surface area contributed by atoms with Crippen molar-refractivity contribution in [3.8, 4) is 0 Å². The standard InChI is InChI=1S/C18H19Cl2N3O4S2/c19-13-7-14(20)9-16(8-13)28-17-2-1-15(23(24)25)10-18(17)29(26,27)22-11-12-3-5-21-6-4-12/h1-2,7-10,12,21-22H,3-6,11H2. The number of halogens is 2. The molecule has 1 heterocycles. The number of hydrogen-bond acceptors (Lipinski definition) is 6. The van der Waals surface area contributed by atoms with E-state index in [4.69, 9.17) is 23.2 Å². The summed E-state index contributed by atoms with van der Waals surface area (Å²) in [4.78, 5) is 11.4. The summed E-state index contributed by atoms with van der Waals surface area (Å²) >= 11 is 13.2. The van der Waals surface area contributed by atoms with Gasteiger partial charge in [0.25, 0.3) is 5.69 Å². The zero-order valence-corrected chi connectivity index (χ0v) is 18.4. The second-order valence-corrected chi connectivity index (χ2v) is 10.4. The first-order valence-corrected chi connectivity index (χ1v) is 11.9. The van der Waals surface area contributed by atoms with Gasteiger partial charge in [0.15, 0.2) is 0 Å². The van der Waals surface area contributed by atoms with E-state index in [-0.39, 0.29) is 16.5 Å². The summed E-state index contributed by atoms with van der Waals surface area (Å²) in [5.74, 6) is 0.229. The van der Waals surface area contributed by atoms with Crippen molar-refractivity contribution in [2.24, 2.45) is 5.92 Å². The highest BCUT2D eigenvalue weighted by Crippen LogP contribution is 2.37. The van der Waals surface area contributed by atoms with Crippen LogP contribution >= 0.6 is 35.0 Å². The minimum absolute atomic E-state index is 0.137. The van der Waals surface area contributed by atoms with Gasteiger partial charge in [0.1, 0.15) is 4.90 Å². The molecule has 2 N–H and O–H groups in total. The molecule has 1 aliphatic rings. The molecule has 0 unspecified atom stereocenters. The van der Waals surface area contributed by atoms with Crippen molar-refractivity contribution in [2.75, 3.05) is 19.6 Å². The topological polar surface area (TPSA) is 101 Å². The predicted molar refractivity (Wildman–Crippen MR) is 114 cm³/mol. The molecule has 156 valence electrons. The van der Waals surface area contributed by atoms with Crippen LogP contribution in [0.2, 0.25) is 10.0 Å². The van der Waals surface area contributed by atoms with E-state index in [1.54, 1.807) is 18.2 Å². The molecular formula is C18H19Cl2N3O4S2. The van der Waals surface area contributed by atoms with Crippen molar-refractivity contribution in [1.82, 2.24) is 10.0 Å². The van der Waals surface area contributed by atoms with E-state index in [1.165, 1.54) is 12.1 Å². The monoisotopic (exact) mass is 475 g/mol. The number of nitrogens with zero attached hydrogens (tertiary/aromatic N) is 1. The lowest BCUT2D eigenvalue weighted by Gasteiger charge is -2.23. The van der Waals surface area contributed by atoms with Gasteiger partial charge in [-0.2, -0.15) is 0 Å². The highest BCUT2D eigenvalue weighted by atomic mass is 35.5. The van der Waals surface area contributed by atoms with Crippen molar-refractivity contribution >= 4 is 50.7 Å². The van der Waals surface area contributed by atoms with Crippen LogP contribution in [0.4, 0.5) is 5.69 Å². The minimum atomic E-state index is -3.95. The van der Waals surface area contributed by atoms with Crippen LogP contribution in [-0.4, -0.2) is 33.0 Å². The fourth-order valence-corrected chi connectivity index (χ4v) is 6.26. The summed E-state index contributed by atoms with van der Waals surface area (Å²) < 4.78 is 28.6. The average Bonchev–Trinajstić information content (AvgIpc) is 2.66. The molecule has 3 rings (SSSR count). The van der Waals surface area contributed by atoms with E-state index >= 15 is 0 Å². The molecule has 2 aromatic carbocycles. The smallest absolute Gasteiger partial charge is 0.270 e. The largest absolute Gasteiger partial charge is 0.317 e. The van der Waals surface area contributed by atoms with Crippen LogP contribution in [0.15, 0.2) is 51.1 Å². The molecule has 11 heteroatoms. The summed E-state index contributed by atoms with van der Waals surface area (Å²) in [6.45, 7) is 1.99. The average molecular weight is 476 g/mol. The molecular weight excluding hydrogens is 457 g/mol. The zero-order valence-electron chi connectivity index (χ0n) is 15.2. The number of benzene rings is 2. The van der Waals surface area contributed by atoms with Crippen LogP contribution in [-0.2, 0) is 10.0 Å². The predicted octanol–water partition coefficient (Wildman–Crippen LogP) is 4.33. The van der Waals surface area contributed by atoms with Gasteiger partial charge in [-0.25, -0.2) is 13.1 Å². The number of hydrogen-bond donors (Lipinski definition) is 2. The minimum Gasteiger partial charge on any atom is -0.317 e. The molecule has 0 radical (unpaired) electrons. The molecule has 0 bridgehead atoms. The Morgan fingerprint density at radius 3 is 2.41 bits per heavy atom. The second-order valence-electron chi connectivity index (χ2n) is 6.64. The van der Waals surface area contributed by atoms with Gasteiger partial charge in [0, 0.05) is 38.5 Å². The fourth-order valence-electron chi connectivity index (χ4n) is 3.01. The highest BCUT2D eigenvalue weighted by molar-refractivity contribution is 8.00. The Bertz CT molecular complexity index is 992. The van der Waals surface area contributed by atoms with Crippen molar-refractivity contribution in [1.29, 1.82) is 0 Å². The Hall–Kier alpha value is -1.36. The van der Waals surface area contributed by atoms with Gasteiger partial charge in [-0.1, -0.05) is 35.0 Å². The van der Waals surface area contributed by atoms with Gasteiger partial charge in [-0.15, -0.1) is 0 Å². The molecule has 0 spiro atoms. The lowest BCUT2D eigenvalue weighted by Crippen LogP contribution is -2.36. The van der Waals surface area contributed by atoms with Crippen LogP contribution in [0, 0.1) is 16.0 Å². The van der Waals surface area contributed by atoms with Gasteiger partial charge in [0.05, 0.1) is 4.92 Å². The normalized spacial score (nSPS) is 15.4. The quantitative estimate of drug-likeness (QED) is 0.456. The van der Waals surface area contributed by atoms with Crippen molar-refractivity contribution < 1.29 is 13.3 Å². The molecule has 29 heavy (non-hydrogen) atoms. The summed E-state index contributed by atoms with van der Waals surface area (Å²) in [6, 6.07) is 8.66. The Morgan fingerprint density at radius 2 is 1.79 bits per heavy atom. The Balaban J connectivity index is 1.91. The van der Waals surface area contributed by atoms with Gasteiger partial charge < -0.3 is 5.32 Å². The maximum Gasteiger partial charge on any atom is 0.270 e. The Morgan fingerprint density at radius 1 is 1.14 bits per heavy atom. The molecule has 0 saturated carbocycles. The number of rotatable bonds is 7. The second kappa shape index (κ2) is 9.63. The number of nitrogens with one attached hydrogen (secondary N) is 2. The maximum absolute atomic E-state index is 13.0. The first-order valence-electron chi connectivity index (χ1n) is 8.87. The van der Waals surface area contributed by atoms with Crippen LogP contribution in [0.3, 0.4) is 0 Å². The molecule has 0 amide bonds. The van der Waals surface area contributed by atoms with Crippen molar-refractivity contribution in [3.05, 3.63) is 56.6 Å². The fraction of sp³-hybridized carbons (Fsp3) is 0.333. The molecule has 1 fully saturated rings. The van der Waals surface area contributed by atoms with Crippen molar-refractivity contribution in [2.45, 2.75) is 27.5 Å². The number of nitro benzene ring substituents is 1. The van der Waals surface area contributed by atoms with E-state index in [1.807, 2.05) is 0 Å². The van der Waals surface area contributed by atoms with Gasteiger partial charge >= 0.3 is 0 Å². The molecule has 1 saturated heterocycles. The summed E-state index contributed by atoms with van der Waals surface area (Å²) in [7, 11) is -3.95. The van der Waals surface area contributed by atoms with E-state index in [0.29, 0.717) is 26.4 Å². The number of piperidine rings is 1. The first kappa shape index (κ1) is 22.3. The third-order valence-corrected chi connectivity index (χ3v) is 7.59. The lowest BCUT2D eigenvalue weighted by molar-refractivity contribution is -0.385. The number of nitro groups is 1. The molecule has 0 aromatic heterocycles. The van der Waals surface area contributed by atoms with Crippen LogP contribution < -0.4 is 10.0 Å². The molecule has 7 nitrogen and oxygen atoms in total. The third-order valence-electron chi connectivity index (χ3n) is 4.51. The van der Waals surface area contributed by atoms with E-state index < -0.39 is 14.9 Å². The van der Waals surface area contributed by atoms with Gasteiger partial charge in [-0.3, -0.25) is 10.1 Å². The van der Waals surface area contributed by atoms with Crippen LogP contribution in [0.5, 0.6) is 0 Å². The molecule has 0 aliphatic carbocycles. The van der Waals surface area contributed by atoms with Crippen molar-refractivity contribution in [3.63, 3.8) is 0 Å². The van der Waals surface area contributed by atoms with E-state index in [9.17, 15) is 18.5 Å². The third kappa shape index (κ3) is 6.07. The Kier molecular flexibility index (Phi) is 7.42. The van der Waals surface area contributed by atoms with Gasteiger partial charge in [0.2, 0.25) is 10.0 Å². The first-order chi connectivity index (χ1) is 13.7. The Labute approximate surface area is 183 Å². The van der Waals surface area contributed by atoms with E-state index in [2.05, 4.69) is 10.0 Å². The number of non-ortho nitro benzene ring substituents is 1. The maximum atomic E-state index is 13.0. The van der Waals surface area contributed by atoms with Gasteiger partial charge in [-0.05, 0) is 56.1 Å². The van der Waals surface area contributed by atoms with Crippen LogP contribution in [0.1, 0.15) is 12.8 Å². The lowest BCUT2D eigenvalue weighted by atomic mass is 9.99. The number of sulfonamides is 1. The van der Waals surface area contributed by atoms with E-state index in [0.717, 1.165) is 43.8 Å². The zero-order chi connectivity index (χ0) is 21.0. The van der Waals surface area contributed by atoms with Crippen LogP contribution in [0.25, 0.3) is 0 Å². The summed E-state index contributed by atoms with van der Waals surface area (Å²) in [6.07, 6.45) is 1.75. The summed E-state index contributed by atoms with van der Waals surface area (Å²) in [5, 5.41) is 15.2. The SMILES string of the molecule is O=[N+]([O-])c1ccc(Sc2cc(Cl)cc(Cl)c2)c(S(=O)(=O)NCC2CCNCC2)c1. The summed E-state index contributed by atoms with van der Waals surface area (Å²) in [5.41, 5.74) is -0.291. The molecule has 0 atom stereocenters. The highest BCUT2D eigenvalue weighted by Gasteiger charge is 2.24. The molecule has 2 aromatic rings. The molecule has 1 aliphatic heterocycles.